The predicted molar refractivity (Wildman–Crippen MR) is 143 cm³/mol. The topological polar surface area (TPSA) is 84.7 Å². The Balaban J connectivity index is 1.30. The van der Waals surface area contributed by atoms with E-state index in [-0.39, 0.29) is 51.2 Å². The molecule has 6 aliphatic rings. The van der Waals surface area contributed by atoms with E-state index in [0.29, 0.717) is 13.3 Å². The summed E-state index contributed by atoms with van der Waals surface area (Å²) < 4.78 is 40.2. The molecular formula is C32H42F2N2O4. The van der Waals surface area contributed by atoms with Crippen LogP contribution in [0.2, 0.25) is 0 Å². The summed E-state index contributed by atoms with van der Waals surface area (Å²) in [5, 5.41) is 6.83. The summed E-state index contributed by atoms with van der Waals surface area (Å²) >= 11 is 0. The van der Waals surface area contributed by atoms with Gasteiger partial charge in [0, 0.05) is 29.9 Å². The van der Waals surface area contributed by atoms with Crippen LogP contribution in [0.3, 0.4) is 0 Å². The van der Waals surface area contributed by atoms with Crippen LogP contribution < -0.4 is 5.32 Å². The number of halogens is 2. The van der Waals surface area contributed by atoms with E-state index in [0.717, 1.165) is 49.8 Å². The number of rotatable bonds is 2. The first kappa shape index (κ1) is 26.8. The number of epoxide rings is 1. The molecule has 1 saturated heterocycles. The van der Waals surface area contributed by atoms with Crippen molar-refractivity contribution >= 4 is 11.7 Å². The number of alkyl halides is 2. The second kappa shape index (κ2) is 7.45. The van der Waals surface area contributed by atoms with Gasteiger partial charge < -0.3 is 14.6 Å². The Hall–Kier alpha value is -2.09. The van der Waals surface area contributed by atoms with E-state index in [1.807, 2.05) is 12.3 Å². The van der Waals surface area contributed by atoms with Crippen LogP contribution in [-0.4, -0.2) is 34.4 Å². The van der Waals surface area contributed by atoms with Gasteiger partial charge in [-0.05, 0) is 86.0 Å². The molecule has 1 amide bonds. The lowest BCUT2D eigenvalue weighted by Gasteiger charge is -2.67. The van der Waals surface area contributed by atoms with E-state index in [4.69, 9.17) is 9.26 Å². The average molecular weight is 557 g/mol. The van der Waals surface area contributed by atoms with Crippen molar-refractivity contribution in [1.82, 2.24) is 10.5 Å². The smallest absolute Gasteiger partial charge is 0.321 e. The zero-order valence-electron chi connectivity index (χ0n) is 24.7. The molecular weight excluding hydrogens is 514 g/mol. The first-order valence-electron chi connectivity index (χ1n) is 15.0. The van der Waals surface area contributed by atoms with Crippen LogP contribution in [0.4, 0.5) is 8.78 Å². The van der Waals surface area contributed by atoms with Crippen LogP contribution in [0.25, 0.3) is 0 Å². The van der Waals surface area contributed by atoms with Crippen molar-refractivity contribution in [2.75, 3.05) is 0 Å². The summed E-state index contributed by atoms with van der Waals surface area (Å²) in [6, 6.07) is -0.360. The highest BCUT2D eigenvalue weighted by molar-refractivity contribution is 5.95. The Bertz CT molecular complexity index is 1360. The predicted octanol–water partition coefficient (Wildman–Crippen LogP) is 6.14. The first-order valence-corrected chi connectivity index (χ1v) is 15.0. The average Bonchev–Trinajstić information content (AvgIpc) is 3.20. The highest BCUT2D eigenvalue weighted by Crippen LogP contribution is 2.80. The van der Waals surface area contributed by atoms with Crippen LogP contribution in [0, 0.1) is 39.4 Å². The highest BCUT2D eigenvalue weighted by Gasteiger charge is 2.83. The molecule has 0 aromatic carbocycles. The maximum Gasteiger partial charge on any atom is 0.321 e. The van der Waals surface area contributed by atoms with Gasteiger partial charge in [-0.3, -0.25) is 9.59 Å². The zero-order valence-corrected chi connectivity index (χ0v) is 24.7. The number of nitrogens with zero attached hydrogens (tertiary/aromatic N) is 1. The lowest BCUT2D eigenvalue weighted by Crippen LogP contribution is -2.66. The second-order valence-electron chi connectivity index (χ2n) is 15.7. The molecule has 2 heterocycles. The molecule has 4 fully saturated rings. The van der Waals surface area contributed by atoms with E-state index < -0.39 is 23.0 Å². The molecule has 1 aromatic rings. The second-order valence-corrected chi connectivity index (χ2v) is 15.7. The van der Waals surface area contributed by atoms with Crippen molar-refractivity contribution in [2.24, 2.45) is 39.4 Å². The molecule has 5 aliphatic carbocycles. The van der Waals surface area contributed by atoms with Gasteiger partial charge in [0.25, 0.3) is 5.91 Å². The van der Waals surface area contributed by atoms with E-state index in [9.17, 15) is 18.4 Å². The van der Waals surface area contributed by atoms with Crippen molar-refractivity contribution in [3.05, 3.63) is 29.2 Å². The molecule has 7 rings (SSSR count). The number of carbonyl (C=O) groups excluding carboxylic acids is 2. The molecule has 218 valence electrons. The van der Waals surface area contributed by atoms with Gasteiger partial charge in [-0.1, -0.05) is 45.3 Å². The fraction of sp³-hybridized carbons (Fsp3) is 0.781. The van der Waals surface area contributed by atoms with Gasteiger partial charge in [0.05, 0.1) is 6.20 Å². The molecule has 6 nitrogen and oxygen atoms in total. The molecule has 40 heavy (non-hydrogen) atoms. The summed E-state index contributed by atoms with van der Waals surface area (Å²) in [6.07, 6.45) is 9.44. The van der Waals surface area contributed by atoms with Crippen LogP contribution in [-0.2, 0) is 26.3 Å². The third-order valence-electron chi connectivity index (χ3n) is 13.1. The Morgan fingerprint density at radius 3 is 2.48 bits per heavy atom. The Kier molecular flexibility index (Phi) is 4.99. The van der Waals surface area contributed by atoms with Crippen molar-refractivity contribution in [2.45, 2.75) is 117 Å². The fourth-order valence-corrected chi connectivity index (χ4v) is 11.1. The fourth-order valence-electron chi connectivity index (χ4n) is 11.1. The summed E-state index contributed by atoms with van der Waals surface area (Å²) in [5.41, 5.74) is 0.292. The summed E-state index contributed by atoms with van der Waals surface area (Å²) in [5.74, 6) is -3.82. The van der Waals surface area contributed by atoms with Crippen molar-refractivity contribution in [3.8, 4) is 0 Å². The number of fused-ring (bicyclic) bond motifs is 8. The van der Waals surface area contributed by atoms with Crippen LogP contribution in [0.5, 0.6) is 0 Å². The van der Waals surface area contributed by atoms with E-state index in [1.165, 1.54) is 5.57 Å². The molecule has 1 spiro atoms. The molecule has 3 saturated carbocycles. The largest absolute Gasteiger partial charge is 0.358 e. The number of ketones is 1. The Morgan fingerprint density at radius 1 is 1.05 bits per heavy atom. The van der Waals surface area contributed by atoms with Crippen molar-refractivity contribution in [3.63, 3.8) is 0 Å². The molecule has 1 N–H and O–H groups in total. The number of amides is 1. The SMILES string of the molecule is CC1(C)C[C@@H]2C(CC[C@]3(C)[C@@H]2C(=O)C=C2[C@@]4(C)Cc5cnoc5[C@@]5(C)O[C@@]45CC[C@]23C)[C@H](NC(=O)C(C)(F)F)C1. The van der Waals surface area contributed by atoms with Gasteiger partial charge in [-0.15, -0.1) is 0 Å². The van der Waals surface area contributed by atoms with Crippen LogP contribution in [0.1, 0.15) is 98.3 Å². The van der Waals surface area contributed by atoms with Gasteiger partial charge in [0.15, 0.2) is 17.1 Å². The Labute approximate surface area is 235 Å². The van der Waals surface area contributed by atoms with E-state index >= 15 is 0 Å². The maximum atomic E-state index is 14.4. The zero-order chi connectivity index (χ0) is 28.9. The summed E-state index contributed by atoms with van der Waals surface area (Å²) in [4.78, 5) is 26.8. The number of ether oxygens (including phenoxy) is 1. The molecule has 0 bridgehead atoms. The normalized spacial score (nSPS) is 48.3. The molecule has 1 aromatic heterocycles. The quantitative estimate of drug-likeness (QED) is 0.443. The number of hydrogen-bond donors (Lipinski definition) is 1. The first-order chi connectivity index (χ1) is 18.4. The minimum Gasteiger partial charge on any atom is -0.358 e. The van der Waals surface area contributed by atoms with E-state index in [1.54, 1.807) is 0 Å². The van der Waals surface area contributed by atoms with Gasteiger partial charge in [-0.2, -0.15) is 8.78 Å². The third-order valence-corrected chi connectivity index (χ3v) is 13.1. The maximum absolute atomic E-state index is 14.4. The van der Waals surface area contributed by atoms with Crippen LogP contribution in [0.15, 0.2) is 22.4 Å². The highest BCUT2D eigenvalue weighted by atomic mass is 19.3. The number of nitrogens with one attached hydrogen (secondary N) is 1. The number of allylic oxidation sites excluding steroid dienone is 1. The van der Waals surface area contributed by atoms with E-state index in [2.05, 4.69) is 52.0 Å². The van der Waals surface area contributed by atoms with Crippen molar-refractivity contribution in [1.29, 1.82) is 0 Å². The number of carbonyl (C=O) groups is 2. The molecule has 1 aliphatic heterocycles. The molecule has 1 unspecified atom stereocenters. The molecule has 9 atom stereocenters. The van der Waals surface area contributed by atoms with Crippen molar-refractivity contribution < 1.29 is 27.6 Å². The minimum atomic E-state index is -3.43. The molecule has 0 radical (unpaired) electrons. The number of hydrogen-bond acceptors (Lipinski definition) is 5. The minimum absolute atomic E-state index is 0.00900. The summed E-state index contributed by atoms with van der Waals surface area (Å²) in [7, 11) is 0. The van der Waals surface area contributed by atoms with Gasteiger partial charge >= 0.3 is 5.92 Å². The standard InChI is InChI=1S/C32H42F2N2O4/c1-26(2)14-19-18(20(15-26)36-25(38)31(7,33)34)8-9-28(4)23(19)21(37)12-22-27(28,3)10-11-32-29(22,5)13-17-16-35-39-24(17)30(32,6)40-32/h12,16,18-20,23H,8-11,13-15H2,1-7H3,(H,36,38)/t18?,19-,20-,23+,27-,28-,29-,30-,32+/m1/s1. The van der Waals surface area contributed by atoms with Gasteiger partial charge in [-0.25, -0.2) is 0 Å². The van der Waals surface area contributed by atoms with Gasteiger partial charge in [0.1, 0.15) is 5.60 Å². The third kappa shape index (κ3) is 2.99. The number of aromatic nitrogens is 1. The lowest BCUT2D eigenvalue weighted by molar-refractivity contribution is -0.159. The monoisotopic (exact) mass is 556 g/mol. The summed E-state index contributed by atoms with van der Waals surface area (Å²) in [6.45, 7) is 14.0. The lowest BCUT2D eigenvalue weighted by atomic mass is 9.36. The van der Waals surface area contributed by atoms with Crippen LogP contribution >= 0.6 is 0 Å². The Morgan fingerprint density at radius 2 is 1.77 bits per heavy atom. The van der Waals surface area contributed by atoms with Gasteiger partial charge in [0.2, 0.25) is 0 Å². The molecule has 8 heteroatoms.